The molecule has 2 saturated heterocycles. The van der Waals surface area contributed by atoms with Crippen LogP contribution in [-0.4, -0.2) is 40.2 Å². The highest BCUT2D eigenvalue weighted by molar-refractivity contribution is 9.10. The Labute approximate surface area is 186 Å². The minimum Gasteiger partial charge on any atom is -0.444 e. The van der Waals surface area contributed by atoms with Crippen molar-refractivity contribution in [3.63, 3.8) is 0 Å². The van der Waals surface area contributed by atoms with Gasteiger partial charge in [0, 0.05) is 17.8 Å². The second kappa shape index (κ2) is 7.03. The molecule has 0 unspecified atom stereocenters. The van der Waals surface area contributed by atoms with Gasteiger partial charge in [-0.1, -0.05) is 23.2 Å². The van der Waals surface area contributed by atoms with Crippen LogP contribution < -0.4 is 11.1 Å². The fraction of sp³-hybridized carbons (Fsp3) is 0.474. The number of aromatic nitrogens is 1. The van der Waals surface area contributed by atoms with E-state index < -0.39 is 11.4 Å². The summed E-state index contributed by atoms with van der Waals surface area (Å²) in [7, 11) is 0. The number of anilines is 2. The first-order valence-corrected chi connectivity index (χ1v) is 10.7. The number of hydrogen-bond donors (Lipinski definition) is 2. The van der Waals surface area contributed by atoms with Gasteiger partial charge in [0.2, 0.25) is 0 Å². The van der Waals surface area contributed by atoms with E-state index in [0.29, 0.717) is 17.6 Å². The summed E-state index contributed by atoms with van der Waals surface area (Å²) in [6, 6.07) is 1.52. The summed E-state index contributed by atoms with van der Waals surface area (Å²) in [5, 5.41) is 4.02. The highest BCUT2D eigenvalue weighted by Crippen LogP contribution is 2.46. The third-order valence-electron chi connectivity index (χ3n) is 5.34. The first-order valence-electron chi connectivity index (χ1n) is 9.16. The van der Waals surface area contributed by atoms with Crippen molar-refractivity contribution < 1.29 is 13.9 Å². The van der Waals surface area contributed by atoms with Crippen LogP contribution in [0, 0.1) is 11.7 Å². The maximum absolute atomic E-state index is 14.7. The van der Waals surface area contributed by atoms with E-state index in [1.807, 2.05) is 20.8 Å². The van der Waals surface area contributed by atoms with Gasteiger partial charge in [0.15, 0.2) is 11.0 Å². The molecule has 5 rings (SSSR count). The van der Waals surface area contributed by atoms with Gasteiger partial charge in [-0.2, -0.15) is 0 Å². The van der Waals surface area contributed by atoms with Gasteiger partial charge >= 0.3 is 6.09 Å². The summed E-state index contributed by atoms with van der Waals surface area (Å²) in [5.74, 6) is -0.367. The average molecular weight is 506 g/mol. The number of carbonyl (C=O) groups is 1. The van der Waals surface area contributed by atoms with Crippen molar-refractivity contribution in [3.05, 3.63) is 26.5 Å². The Morgan fingerprint density at radius 2 is 2.14 bits per heavy atom. The van der Waals surface area contributed by atoms with Crippen LogP contribution in [0.3, 0.4) is 0 Å². The van der Waals surface area contributed by atoms with Gasteiger partial charge in [0.1, 0.15) is 11.1 Å². The molecule has 3 aliphatic rings. The number of benzene rings is 1. The van der Waals surface area contributed by atoms with Crippen molar-refractivity contribution in [1.29, 1.82) is 0 Å². The number of pyridine rings is 1. The molecule has 3 fully saturated rings. The van der Waals surface area contributed by atoms with Gasteiger partial charge in [-0.05, 0) is 49.2 Å². The van der Waals surface area contributed by atoms with Crippen LogP contribution in [0.1, 0.15) is 27.2 Å². The molecule has 1 amide bonds. The molecule has 1 aromatic heterocycles. The number of nitrogens with two attached hydrogens (primary N) is 1. The summed E-state index contributed by atoms with van der Waals surface area (Å²) in [6.07, 6.45) is 0.534. The lowest BCUT2D eigenvalue weighted by Gasteiger charge is -2.38. The normalized spacial score (nSPS) is 23.3. The SMILES string of the molecule is CC(C)(C)OC(=O)N1C[C@H]2C[C@@H]1[C@H]2Nc1c(N)c(Cl)nc2c(F)c(Br)c(Cl)cc12. The van der Waals surface area contributed by atoms with E-state index in [-0.39, 0.29) is 49.9 Å². The van der Waals surface area contributed by atoms with E-state index in [0.717, 1.165) is 6.42 Å². The lowest BCUT2D eigenvalue weighted by atomic mass is 9.79. The second-order valence-corrected chi connectivity index (χ2v) is 10.00. The predicted octanol–water partition coefficient (Wildman–Crippen LogP) is 5.45. The molecule has 0 spiro atoms. The first kappa shape index (κ1) is 20.8. The Bertz CT molecular complexity index is 1030. The summed E-state index contributed by atoms with van der Waals surface area (Å²) < 4.78 is 20.3. The molecule has 156 valence electrons. The summed E-state index contributed by atoms with van der Waals surface area (Å²) in [5.41, 5.74) is 6.36. The zero-order chi connectivity index (χ0) is 21.2. The average Bonchev–Trinajstić information content (AvgIpc) is 3.20. The van der Waals surface area contributed by atoms with Gasteiger partial charge in [-0.3, -0.25) is 0 Å². The number of ether oxygens (including phenoxy) is 1. The Morgan fingerprint density at radius 1 is 1.45 bits per heavy atom. The lowest BCUT2D eigenvalue weighted by molar-refractivity contribution is 0.0239. The highest BCUT2D eigenvalue weighted by atomic mass is 79.9. The summed E-state index contributed by atoms with van der Waals surface area (Å²) >= 11 is 15.4. The second-order valence-electron chi connectivity index (χ2n) is 8.44. The fourth-order valence-corrected chi connectivity index (χ4v) is 4.65. The predicted molar refractivity (Wildman–Crippen MR) is 116 cm³/mol. The highest BCUT2D eigenvalue weighted by Gasteiger charge is 2.55. The molecule has 1 aliphatic carbocycles. The lowest BCUT2D eigenvalue weighted by Crippen LogP contribution is -2.50. The van der Waals surface area contributed by atoms with Crippen molar-refractivity contribution in [2.75, 3.05) is 17.6 Å². The maximum atomic E-state index is 14.7. The molecule has 2 aromatic rings. The number of nitrogens with one attached hydrogen (secondary N) is 1. The van der Waals surface area contributed by atoms with Gasteiger partial charge in [-0.15, -0.1) is 0 Å². The number of amides is 1. The third kappa shape index (κ3) is 3.49. The van der Waals surface area contributed by atoms with Crippen LogP contribution in [0.2, 0.25) is 10.2 Å². The summed E-state index contributed by atoms with van der Waals surface area (Å²) in [6.45, 7) is 6.10. The molecule has 3 N–H and O–H groups in total. The van der Waals surface area contributed by atoms with E-state index in [4.69, 9.17) is 33.7 Å². The topological polar surface area (TPSA) is 80.5 Å². The molecule has 29 heavy (non-hydrogen) atoms. The van der Waals surface area contributed by atoms with Gasteiger partial charge in [0.25, 0.3) is 0 Å². The standard InChI is InChI=1S/C19H20BrCl2FN4O2/c1-19(2,3)29-18(28)27-6-7-4-10(27)14(7)25-16-8-5-9(21)11(20)12(23)15(8)26-17(22)13(16)24/h5,7,10,14H,4,6,24H2,1-3H3,(H,25,26)/t7-,10-,14+/m1/s1. The molecule has 3 atom stereocenters. The molecule has 1 aromatic carbocycles. The maximum Gasteiger partial charge on any atom is 0.410 e. The summed E-state index contributed by atoms with van der Waals surface area (Å²) in [4.78, 5) is 18.3. The van der Waals surface area contributed by atoms with E-state index in [1.54, 1.807) is 11.0 Å². The minimum absolute atomic E-state index is 0.00351. The Balaban J connectivity index is 1.66. The van der Waals surface area contributed by atoms with Crippen LogP contribution in [0.15, 0.2) is 10.5 Å². The molecule has 0 radical (unpaired) electrons. The van der Waals surface area contributed by atoms with Gasteiger partial charge in [0.05, 0.1) is 33.0 Å². The molecule has 3 heterocycles. The van der Waals surface area contributed by atoms with Crippen LogP contribution in [0.5, 0.6) is 0 Å². The minimum atomic E-state index is -0.607. The Hall–Kier alpha value is -1.51. The van der Waals surface area contributed by atoms with Crippen LogP contribution >= 0.6 is 39.1 Å². The molecule has 2 aliphatic heterocycles. The number of rotatable bonds is 2. The van der Waals surface area contributed by atoms with Crippen LogP contribution in [0.4, 0.5) is 20.6 Å². The zero-order valence-electron chi connectivity index (χ0n) is 16.0. The fourth-order valence-electron chi connectivity index (χ4n) is 3.98. The molecule has 10 heteroatoms. The van der Waals surface area contributed by atoms with Crippen molar-refractivity contribution in [2.24, 2.45) is 5.92 Å². The van der Waals surface area contributed by atoms with E-state index in [9.17, 15) is 9.18 Å². The number of nitrogens with zero attached hydrogens (tertiary/aromatic N) is 2. The van der Waals surface area contributed by atoms with Crippen LogP contribution in [-0.2, 0) is 4.74 Å². The van der Waals surface area contributed by atoms with E-state index >= 15 is 0 Å². The third-order valence-corrected chi connectivity index (χ3v) is 6.93. The van der Waals surface area contributed by atoms with E-state index in [1.165, 1.54) is 0 Å². The first-order chi connectivity index (χ1) is 13.5. The van der Waals surface area contributed by atoms with Crippen molar-refractivity contribution in [3.8, 4) is 0 Å². The van der Waals surface area contributed by atoms with Gasteiger partial charge < -0.3 is 20.7 Å². The largest absolute Gasteiger partial charge is 0.444 e. The number of carbonyl (C=O) groups excluding carboxylic acids is 1. The molecule has 2 bridgehead atoms. The number of halogens is 4. The smallest absolute Gasteiger partial charge is 0.410 e. The monoisotopic (exact) mass is 504 g/mol. The quantitative estimate of drug-likeness (QED) is 0.419. The Morgan fingerprint density at radius 3 is 2.79 bits per heavy atom. The zero-order valence-corrected chi connectivity index (χ0v) is 19.1. The number of nitrogen functional groups attached to an aromatic ring is 1. The van der Waals surface area contributed by atoms with Crippen molar-refractivity contribution in [2.45, 2.75) is 44.9 Å². The Kier molecular flexibility index (Phi) is 5.03. The van der Waals surface area contributed by atoms with Crippen LogP contribution in [0.25, 0.3) is 10.9 Å². The van der Waals surface area contributed by atoms with E-state index in [2.05, 4.69) is 26.2 Å². The molecule has 1 saturated carbocycles. The van der Waals surface area contributed by atoms with Crippen molar-refractivity contribution in [1.82, 2.24) is 9.88 Å². The number of fused-ring (bicyclic) bond motifs is 2. The number of hydrogen-bond acceptors (Lipinski definition) is 5. The molecular weight excluding hydrogens is 486 g/mol. The van der Waals surface area contributed by atoms with Crippen molar-refractivity contribution >= 4 is 67.5 Å². The molecule has 6 nitrogen and oxygen atoms in total. The molecular formula is C19H20BrCl2FN4O2. The van der Waals surface area contributed by atoms with Gasteiger partial charge in [-0.25, -0.2) is 14.2 Å².